The lowest BCUT2D eigenvalue weighted by atomic mass is 10.1. The summed E-state index contributed by atoms with van der Waals surface area (Å²) in [6, 6.07) is 4.74. The summed E-state index contributed by atoms with van der Waals surface area (Å²) in [5.41, 5.74) is 0.111. The number of aromatic nitrogens is 2. The Balaban J connectivity index is 2.04. The van der Waals surface area contributed by atoms with Crippen LogP contribution in [0.5, 0.6) is 5.75 Å². The third-order valence-corrected chi connectivity index (χ3v) is 8.94. The molecule has 2 atom stereocenters. The average Bonchev–Trinajstić information content (AvgIpc) is 3.44. The molecule has 214 valence electrons. The van der Waals surface area contributed by atoms with Crippen molar-refractivity contribution in [3.63, 3.8) is 0 Å². The number of sulfonamides is 1. The summed E-state index contributed by atoms with van der Waals surface area (Å²) in [6.07, 6.45) is 1.12. The van der Waals surface area contributed by atoms with Gasteiger partial charge in [-0.05, 0) is 45.4 Å². The molecule has 1 aromatic heterocycles. The second-order valence-electron chi connectivity index (χ2n) is 10.3. The molecule has 2 heterocycles. The molecule has 0 bridgehead atoms. The van der Waals surface area contributed by atoms with Crippen molar-refractivity contribution in [2.24, 2.45) is 7.05 Å². The summed E-state index contributed by atoms with van der Waals surface area (Å²) >= 11 is 1.27. The van der Waals surface area contributed by atoms with E-state index in [1.165, 1.54) is 39.7 Å². The standard InChI is InChI=1S/C25H35N5O7S2/c1-16(2)36-23(32)20(12-17-8-10-18(11-9-17)37-24(33)28(5)6)30(22(31)21-27-25(3,4)15-38-21)39(34,35)19-13-26-29(7)14-19/h8-11,13-14,16,20-21,27H,12,15H2,1-7H3/t20-,21-/m0/s1. The predicted octanol–water partition coefficient (Wildman–Crippen LogP) is 2.00. The number of hydrogen-bond acceptors (Lipinski definition) is 10. The molecule has 1 aliphatic rings. The molecule has 0 radical (unpaired) electrons. The predicted molar refractivity (Wildman–Crippen MR) is 146 cm³/mol. The second kappa shape index (κ2) is 12.0. The summed E-state index contributed by atoms with van der Waals surface area (Å²) in [6.45, 7) is 7.09. The monoisotopic (exact) mass is 581 g/mol. The molecule has 1 aliphatic heterocycles. The first-order valence-electron chi connectivity index (χ1n) is 12.3. The number of rotatable bonds is 9. The molecule has 0 aliphatic carbocycles. The number of hydrogen-bond donors (Lipinski definition) is 1. The second-order valence-corrected chi connectivity index (χ2v) is 13.2. The van der Waals surface area contributed by atoms with E-state index in [1.54, 1.807) is 47.1 Å². The van der Waals surface area contributed by atoms with Gasteiger partial charge in [-0.3, -0.25) is 14.8 Å². The Morgan fingerprint density at radius 2 is 1.85 bits per heavy atom. The molecule has 1 saturated heterocycles. The summed E-state index contributed by atoms with van der Waals surface area (Å²) < 4.78 is 40.4. The zero-order valence-corrected chi connectivity index (χ0v) is 24.7. The number of amides is 2. The van der Waals surface area contributed by atoms with Gasteiger partial charge in [0.2, 0.25) is 0 Å². The molecule has 1 aromatic carbocycles. The third-order valence-electron chi connectivity index (χ3n) is 5.64. The van der Waals surface area contributed by atoms with Gasteiger partial charge >= 0.3 is 12.1 Å². The van der Waals surface area contributed by atoms with E-state index in [9.17, 15) is 22.8 Å². The highest BCUT2D eigenvalue weighted by Crippen LogP contribution is 2.31. The highest BCUT2D eigenvalue weighted by molar-refractivity contribution is 8.01. The molecule has 12 nitrogen and oxygen atoms in total. The number of aryl methyl sites for hydroxylation is 1. The van der Waals surface area contributed by atoms with Crippen LogP contribution in [-0.2, 0) is 37.8 Å². The zero-order valence-electron chi connectivity index (χ0n) is 23.1. The Bertz CT molecular complexity index is 1310. The SMILES string of the molecule is CC(C)OC(=O)[C@H](Cc1ccc(OC(=O)N(C)C)cc1)N(C(=O)[C@H]1NC(C)(C)CS1)S(=O)(=O)c1cnn(C)c1. The summed E-state index contributed by atoms with van der Waals surface area (Å²) in [5, 5.41) is 6.20. The van der Waals surface area contributed by atoms with Gasteiger partial charge in [0.1, 0.15) is 22.1 Å². The van der Waals surface area contributed by atoms with Crippen LogP contribution < -0.4 is 10.1 Å². The largest absolute Gasteiger partial charge is 0.461 e. The summed E-state index contributed by atoms with van der Waals surface area (Å²) in [4.78, 5) is 40.2. The number of thioether (sulfide) groups is 1. The van der Waals surface area contributed by atoms with E-state index in [0.29, 0.717) is 15.6 Å². The van der Waals surface area contributed by atoms with Gasteiger partial charge in [0.15, 0.2) is 0 Å². The summed E-state index contributed by atoms with van der Waals surface area (Å²) in [7, 11) is 0.137. The van der Waals surface area contributed by atoms with Crippen molar-refractivity contribution in [1.29, 1.82) is 0 Å². The van der Waals surface area contributed by atoms with Crippen LogP contribution in [-0.4, -0.2) is 88.3 Å². The van der Waals surface area contributed by atoms with E-state index >= 15 is 0 Å². The van der Waals surface area contributed by atoms with Crippen molar-refractivity contribution in [3.8, 4) is 5.75 Å². The van der Waals surface area contributed by atoms with E-state index in [0.717, 1.165) is 6.20 Å². The maximum absolute atomic E-state index is 13.9. The lowest BCUT2D eigenvalue weighted by Gasteiger charge is -2.32. The van der Waals surface area contributed by atoms with E-state index < -0.39 is 51.1 Å². The van der Waals surface area contributed by atoms with Crippen LogP contribution in [0.25, 0.3) is 0 Å². The molecule has 1 fully saturated rings. The highest BCUT2D eigenvalue weighted by Gasteiger charge is 2.47. The summed E-state index contributed by atoms with van der Waals surface area (Å²) in [5.74, 6) is -0.811. The van der Waals surface area contributed by atoms with Crippen LogP contribution in [0, 0.1) is 0 Å². The van der Waals surface area contributed by atoms with Gasteiger partial charge in [0.05, 0.1) is 12.3 Å². The molecule has 14 heteroatoms. The number of carbonyl (C=O) groups is 3. The van der Waals surface area contributed by atoms with Crippen molar-refractivity contribution in [3.05, 3.63) is 42.2 Å². The van der Waals surface area contributed by atoms with E-state index in [2.05, 4.69) is 10.4 Å². The molecule has 2 aromatic rings. The van der Waals surface area contributed by atoms with Gasteiger partial charge in [-0.15, -0.1) is 11.8 Å². The van der Waals surface area contributed by atoms with E-state index in [-0.39, 0.29) is 17.1 Å². The average molecular weight is 582 g/mol. The topological polar surface area (TPSA) is 140 Å². The smallest absolute Gasteiger partial charge is 0.414 e. The quantitative estimate of drug-likeness (QED) is 0.437. The minimum Gasteiger partial charge on any atom is -0.461 e. The van der Waals surface area contributed by atoms with Crippen LogP contribution in [0.15, 0.2) is 41.6 Å². The Kier molecular flexibility index (Phi) is 9.34. The molecule has 39 heavy (non-hydrogen) atoms. The Morgan fingerprint density at radius 3 is 2.33 bits per heavy atom. The number of benzene rings is 1. The molecule has 3 rings (SSSR count). The molecule has 1 N–H and O–H groups in total. The van der Waals surface area contributed by atoms with Gasteiger partial charge < -0.3 is 14.4 Å². The van der Waals surface area contributed by atoms with Crippen molar-refractivity contribution in [1.82, 2.24) is 24.3 Å². The first-order chi connectivity index (χ1) is 18.1. The van der Waals surface area contributed by atoms with Crippen molar-refractivity contribution in [2.45, 2.75) is 62.1 Å². The Morgan fingerprint density at radius 1 is 1.21 bits per heavy atom. The van der Waals surface area contributed by atoms with Crippen LogP contribution in [0.3, 0.4) is 0 Å². The fourth-order valence-electron chi connectivity index (χ4n) is 3.75. The van der Waals surface area contributed by atoms with Gasteiger partial charge in [-0.1, -0.05) is 12.1 Å². The highest BCUT2D eigenvalue weighted by atomic mass is 32.2. The zero-order chi connectivity index (χ0) is 29.1. The fourth-order valence-corrected chi connectivity index (χ4v) is 6.67. The van der Waals surface area contributed by atoms with Crippen LogP contribution in [0.2, 0.25) is 0 Å². The molecular formula is C25H35N5O7S2. The van der Waals surface area contributed by atoms with Crippen molar-refractivity contribution >= 4 is 39.8 Å². The van der Waals surface area contributed by atoms with Gasteiger partial charge in [-0.25, -0.2) is 22.3 Å². The van der Waals surface area contributed by atoms with Gasteiger partial charge in [-0.2, -0.15) is 5.10 Å². The number of ether oxygens (including phenoxy) is 2. The number of nitrogens with one attached hydrogen (secondary N) is 1. The van der Waals surface area contributed by atoms with Gasteiger partial charge in [0, 0.05) is 45.1 Å². The van der Waals surface area contributed by atoms with Crippen LogP contribution in [0.4, 0.5) is 4.79 Å². The number of carbonyl (C=O) groups excluding carboxylic acids is 3. The maximum atomic E-state index is 13.9. The normalized spacial score (nSPS) is 17.5. The van der Waals surface area contributed by atoms with Crippen LogP contribution >= 0.6 is 11.8 Å². The molecule has 2 amide bonds. The maximum Gasteiger partial charge on any atom is 0.414 e. The lowest BCUT2D eigenvalue weighted by Crippen LogP contribution is -2.56. The van der Waals surface area contributed by atoms with Crippen LogP contribution in [0.1, 0.15) is 33.3 Å². The Hall–Kier alpha value is -3.10. The number of nitrogens with zero attached hydrogens (tertiary/aromatic N) is 4. The van der Waals surface area contributed by atoms with E-state index in [4.69, 9.17) is 9.47 Å². The molecule has 0 spiro atoms. The first-order valence-corrected chi connectivity index (χ1v) is 14.7. The van der Waals surface area contributed by atoms with E-state index in [1.807, 2.05) is 13.8 Å². The first kappa shape index (κ1) is 30.4. The molecular weight excluding hydrogens is 546 g/mol. The van der Waals surface area contributed by atoms with Crippen molar-refractivity contribution < 1.29 is 32.3 Å². The Labute approximate surface area is 233 Å². The van der Waals surface area contributed by atoms with Crippen molar-refractivity contribution in [2.75, 3.05) is 19.8 Å². The molecule has 0 unspecified atom stereocenters. The minimum absolute atomic E-state index is 0.167. The fraction of sp³-hybridized carbons (Fsp3) is 0.520. The third kappa shape index (κ3) is 7.51. The molecule has 0 saturated carbocycles. The minimum atomic E-state index is -4.52. The van der Waals surface area contributed by atoms with Gasteiger partial charge in [0.25, 0.3) is 15.9 Å². The number of esters is 1. The lowest BCUT2D eigenvalue weighted by molar-refractivity contribution is -0.155.